The van der Waals surface area contributed by atoms with Crippen molar-refractivity contribution in [2.24, 2.45) is 0 Å². The van der Waals surface area contributed by atoms with Gasteiger partial charge in [-0.2, -0.15) is 0 Å². The van der Waals surface area contributed by atoms with Crippen molar-refractivity contribution in [1.82, 2.24) is 19.9 Å². The van der Waals surface area contributed by atoms with E-state index in [9.17, 15) is 9.59 Å². The lowest BCUT2D eigenvalue weighted by molar-refractivity contribution is 0.0735. The van der Waals surface area contributed by atoms with Crippen molar-refractivity contribution in [1.29, 1.82) is 0 Å². The van der Waals surface area contributed by atoms with E-state index in [0.717, 1.165) is 48.5 Å². The fraction of sp³-hybridized carbons (Fsp3) is 0.259. The highest BCUT2D eigenvalue weighted by Gasteiger charge is 2.22. The number of hydrogen-bond donors (Lipinski definition) is 1. The number of nitrogens with one attached hydrogen (secondary N) is 1. The number of hydrogen-bond acceptors (Lipinski definition) is 5. The van der Waals surface area contributed by atoms with Crippen molar-refractivity contribution in [3.63, 3.8) is 0 Å². The number of nitrogens with zero attached hydrogens (tertiary/aromatic N) is 3. The minimum Gasteiger partial charge on any atom is -0.423 e. The molecule has 1 aliphatic rings. The van der Waals surface area contributed by atoms with Gasteiger partial charge in [0.05, 0.1) is 5.56 Å². The largest absolute Gasteiger partial charge is 0.423 e. The van der Waals surface area contributed by atoms with Crippen LogP contribution < -0.4 is 10.1 Å². The van der Waals surface area contributed by atoms with Crippen molar-refractivity contribution in [3.8, 4) is 5.75 Å². The van der Waals surface area contributed by atoms with Crippen LogP contribution in [0, 0.1) is 6.92 Å². The van der Waals surface area contributed by atoms with Crippen LogP contribution in [-0.4, -0.2) is 26.4 Å². The maximum Gasteiger partial charge on any atom is 0.345 e. The average molecular weight is 455 g/mol. The molecule has 1 amide bonds. The highest BCUT2D eigenvalue weighted by Crippen LogP contribution is 2.25. The van der Waals surface area contributed by atoms with E-state index in [1.54, 1.807) is 30.3 Å². The first-order valence-electron chi connectivity index (χ1n) is 11.6. The smallest absolute Gasteiger partial charge is 0.345 e. The molecule has 0 fully saturated rings. The summed E-state index contributed by atoms with van der Waals surface area (Å²) in [5.74, 6) is 0.532. The Morgan fingerprint density at radius 2 is 1.85 bits per heavy atom. The molecule has 0 bridgehead atoms. The number of amides is 1. The molecular weight excluding hydrogens is 428 g/mol. The molecule has 1 N–H and O–H groups in total. The number of aryl methyl sites for hydroxylation is 3. The number of rotatable bonds is 5. The van der Waals surface area contributed by atoms with Gasteiger partial charge in [0.1, 0.15) is 17.1 Å². The first-order valence-corrected chi connectivity index (χ1v) is 11.6. The summed E-state index contributed by atoms with van der Waals surface area (Å²) in [6, 6.07) is 18.0. The third-order valence-corrected chi connectivity index (χ3v) is 6.02. The zero-order valence-corrected chi connectivity index (χ0v) is 19.1. The predicted molar refractivity (Wildman–Crippen MR) is 129 cm³/mol. The second kappa shape index (κ2) is 9.47. The number of benzene rings is 2. The fourth-order valence-corrected chi connectivity index (χ4v) is 4.31. The Balaban J connectivity index is 1.36. The summed E-state index contributed by atoms with van der Waals surface area (Å²) in [4.78, 5) is 35.2. The zero-order valence-electron chi connectivity index (χ0n) is 19.1. The number of ether oxygens (including phenoxy) is 1. The van der Waals surface area contributed by atoms with E-state index in [1.165, 1.54) is 6.42 Å². The van der Waals surface area contributed by atoms with Gasteiger partial charge in [-0.05, 0) is 49.6 Å². The Kier molecular flexibility index (Phi) is 6.08. The molecule has 5 rings (SSSR count). The van der Waals surface area contributed by atoms with Gasteiger partial charge in [0.2, 0.25) is 0 Å². The molecule has 0 saturated heterocycles. The number of aromatic nitrogens is 3. The lowest BCUT2D eigenvalue weighted by Crippen LogP contribution is -2.22. The Hall–Kier alpha value is -4.00. The highest BCUT2D eigenvalue weighted by atomic mass is 16.5. The molecule has 172 valence electrons. The van der Waals surface area contributed by atoms with Gasteiger partial charge in [-0.15, -0.1) is 0 Å². The van der Waals surface area contributed by atoms with Crippen molar-refractivity contribution < 1.29 is 14.3 Å². The van der Waals surface area contributed by atoms with Gasteiger partial charge in [0.25, 0.3) is 5.91 Å². The molecule has 34 heavy (non-hydrogen) atoms. The number of imidazole rings is 1. The van der Waals surface area contributed by atoms with Gasteiger partial charge in [0, 0.05) is 30.8 Å². The molecule has 0 unspecified atom stereocenters. The summed E-state index contributed by atoms with van der Waals surface area (Å²) in [6.45, 7) is 3.14. The summed E-state index contributed by atoms with van der Waals surface area (Å²) < 4.78 is 7.81. The van der Waals surface area contributed by atoms with E-state index in [-0.39, 0.29) is 5.91 Å². The second-order valence-corrected chi connectivity index (χ2v) is 8.56. The van der Waals surface area contributed by atoms with Gasteiger partial charge in [-0.1, -0.05) is 42.8 Å². The molecule has 1 aliphatic heterocycles. The molecule has 0 radical (unpaired) electrons. The van der Waals surface area contributed by atoms with Crippen LogP contribution in [0.5, 0.6) is 5.75 Å². The summed E-state index contributed by atoms with van der Waals surface area (Å²) in [5.41, 5.74) is 3.87. The normalized spacial score (nSPS) is 13.2. The monoisotopic (exact) mass is 454 g/mol. The minimum atomic E-state index is -0.509. The van der Waals surface area contributed by atoms with E-state index in [1.807, 2.05) is 37.3 Å². The summed E-state index contributed by atoms with van der Waals surface area (Å²) in [5, 5.41) is 2.89. The maximum atomic E-state index is 13.2. The van der Waals surface area contributed by atoms with Crippen LogP contribution in [-0.2, 0) is 19.5 Å². The molecule has 0 saturated carbocycles. The molecule has 3 heterocycles. The van der Waals surface area contributed by atoms with Crippen LogP contribution in [0.2, 0.25) is 0 Å². The van der Waals surface area contributed by atoms with E-state index < -0.39 is 5.97 Å². The van der Waals surface area contributed by atoms with E-state index in [0.29, 0.717) is 28.9 Å². The number of carbonyl (C=O) groups excluding carboxylic acids is 2. The van der Waals surface area contributed by atoms with Crippen molar-refractivity contribution in [2.75, 3.05) is 0 Å². The molecule has 0 aliphatic carbocycles. The molecule has 2 aromatic heterocycles. The minimum absolute atomic E-state index is 0.235. The van der Waals surface area contributed by atoms with Gasteiger partial charge in [-0.3, -0.25) is 4.79 Å². The van der Waals surface area contributed by atoms with Crippen molar-refractivity contribution in [2.45, 2.75) is 45.7 Å². The SMILES string of the molecule is Cc1cc(C(=O)Oc2cccc(C(=O)NCc3ccccc3)c2)c2nc3n(c2n1)CCCCC3. The molecular formula is C27H26N4O3. The number of carbonyl (C=O) groups is 2. The molecule has 0 spiro atoms. The van der Waals surface area contributed by atoms with Gasteiger partial charge in [0.15, 0.2) is 5.65 Å². The lowest BCUT2D eigenvalue weighted by atomic mass is 10.1. The van der Waals surface area contributed by atoms with Crippen molar-refractivity contribution >= 4 is 23.0 Å². The maximum absolute atomic E-state index is 13.2. The number of pyridine rings is 1. The summed E-state index contributed by atoms with van der Waals surface area (Å²) >= 11 is 0. The van der Waals surface area contributed by atoms with Gasteiger partial charge in [-0.25, -0.2) is 14.8 Å². The number of fused-ring (bicyclic) bond motifs is 3. The van der Waals surface area contributed by atoms with Crippen LogP contribution in [0.4, 0.5) is 0 Å². The van der Waals surface area contributed by atoms with E-state index in [4.69, 9.17) is 9.72 Å². The van der Waals surface area contributed by atoms with Crippen LogP contribution in [0.25, 0.3) is 11.2 Å². The van der Waals surface area contributed by atoms with Crippen LogP contribution in [0.1, 0.15) is 57.1 Å². The predicted octanol–water partition coefficient (Wildman–Crippen LogP) is 4.62. The lowest BCUT2D eigenvalue weighted by Gasteiger charge is -2.09. The molecule has 0 atom stereocenters. The van der Waals surface area contributed by atoms with E-state index in [2.05, 4.69) is 14.9 Å². The summed E-state index contributed by atoms with van der Waals surface area (Å²) in [6.07, 6.45) is 4.21. The van der Waals surface area contributed by atoms with Crippen LogP contribution in [0.3, 0.4) is 0 Å². The Morgan fingerprint density at radius 3 is 2.71 bits per heavy atom. The zero-order chi connectivity index (χ0) is 23.5. The van der Waals surface area contributed by atoms with Gasteiger partial charge < -0.3 is 14.6 Å². The highest BCUT2D eigenvalue weighted by molar-refractivity contribution is 6.02. The third-order valence-electron chi connectivity index (χ3n) is 6.02. The third kappa shape index (κ3) is 4.55. The Bertz CT molecular complexity index is 1360. The van der Waals surface area contributed by atoms with Crippen LogP contribution in [0.15, 0.2) is 60.7 Å². The van der Waals surface area contributed by atoms with Gasteiger partial charge >= 0.3 is 5.97 Å². The molecule has 7 nitrogen and oxygen atoms in total. The van der Waals surface area contributed by atoms with E-state index >= 15 is 0 Å². The first kappa shape index (κ1) is 21.8. The summed E-state index contributed by atoms with van der Waals surface area (Å²) in [7, 11) is 0. The Labute approximate surface area is 197 Å². The standard InChI is InChI=1S/C27H26N4O3/c1-18-15-22(24-25(29-18)31-14-7-3-6-13-23(31)30-24)27(33)34-21-12-8-11-20(16-21)26(32)28-17-19-9-4-2-5-10-19/h2,4-5,8-12,15-16H,3,6-7,13-14,17H2,1H3,(H,28,32). The molecule has 4 aromatic rings. The molecule has 2 aromatic carbocycles. The molecule has 7 heteroatoms. The fourth-order valence-electron chi connectivity index (χ4n) is 4.31. The topological polar surface area (TPSA) is 86.1 Å². The number of esters is 1. The quantitative estimate of drug-likeness (QED) is 0.351. The van der Waals surface area contributed by atoms with Crippen molar-refractivity contribution in [3.05, 3.63) is 88.9 Å². The Morgan fingerprint density at radius 1 is 1.00 bits per heavy atom. The average Bonchev–Trinajstić information content (AvgIpc) is 3.03. The van der Waals surface area contributed by atoms with Crippen LogP contribution >= 0.6 is 0 Å². The second-order valence-electron chi connectivity index (χ2n) is 8.56. The first-order chi connectivity index (χ1) is 16.6.